The van der Waals surface area contributed by atoms with E-state index in [1.54, 1.807) is 0 Å². The van der Waals surface area contributed by atoms with Crippen LogP contribution in [-0.4, -0.2) is 55.5 Å². The number of benzene rings is 1. The minimum Gasteiger partial charge on any atom is -0.352 e. The van der Waals surface area contributed by atoms with E-state index in [0.29, 0.717) is 24.7 Å². The second-order valence-electron chi connectivity index (χ2n) is 7.95. The Morgan fingerprint density at radius 3 is 2.72 bits per heavy atom. The highest BCUT2D eigenvalue weighted by atomic mass is 127. The van der Waals surface area contributed by atoms with Gasteiger partial charge in [0.2, 0.25) is 0 Å². The number of rotatable bonds is 7. The highest BCUT2D eigenvalue weighted by Gasteiger charge is 2.30. The molecule has 1 amide bonds. The third kappa shape index (κ3) is 7.13. The summed E-state index contributed by atoms with van der Waals surface area (Å²) in [4.78, 5) is 19.2. The SMILES string of the molecule is CCCNC(=O)c1cccc(CNC(=NC)NC2CCN(C3CCCC3)C2)c1.I. The number of nitrogens with zero attached hydrogens (tertiary/aromatic N) is 2. The number of halogens is 1. The van der Waals surface area contributed by atoms with Crippen LogP contribution in [-0.2, 0) is 6.54 Å². The topological polar surface area (TPSA) is 68.8 Å². The number of nitrogens with one attached hydrogen (secondary N) is 3. The lowest BCUT2D eigenvalue weighted by Gasteiger charge is -2.24. The molecule has 1 aliphatic carbocycles. The Bertz CT molecular complexity index is 675. The molecule has 7 heteroatoms. The number of amides is 1. The van der Waals surface area contributed by atoms with Gasteiger partial charge in [0.1, 0.15) is 0 Å². The number of aliphatic imine (C=N–C) groups is 1. The summed E-state index contributed by atoms with van der Waals surface area (Å²) in [5, 5.41) is 9.89. The van der Waals surface area contributed by atoms with Gasteiger partial charge in [0.05, 0.1) is 0 Å². The molecule has 1 unspecified atom stereocenters. The van der Waals surface area contributed by atoms with Crippen LogP contribution in [0.5, 0.6) is 0 Å². The Morgan fingerprint density at radius 2 is 2.00 bits per heavy atom. The Hall–Kier alpha value is -1.35. The van der Waals surface area contributed by atoms with E-state index < -0.39 is 0 Å². The summed E-state index contributed by atoms with van der Waals surface area (Å²) in [6, 6.07) is 9.03. The van der Waals surface area contributed by atoms with Gasteiger partial charge in [-0.3, -0.25) is 14.7 Å². The molecule has 1 aromatic carbocycles. The van der Waals surface area contributed by atoms with Gasteiger partial charge in [-0.15, -0.1) is 24.0 Å². The predicted molar refractivity (Wildman–Crippen MR) is 130 cm³/mol. The largest absolute Gasteiger partial charge is 0.352 e. The average molecular weight is 513 g/mol. The Balaban J connectivity index is 0.00000300. The van der Waals surface area contributed by atoms with Crippen LogP contribution in [0.3, 0.4) is 0 Å². The number of hydrogen-bond donors (Lipinski definition) is 3. The first-order valence-corrected chi connectivity index (χ1v) is 10.8. The highest BCUT2D eigenvalue weighted by molar-refractivity contribution is 14.0. The van der Waals surface area contributed by atoms with Crippen molar-refractivity contribution in [3.8, 4) is 0 Å². The number of guanidine groups is 1. The summed E-state index contributed by atoms with van der Waals surface area (Å²) >= 11 is 0. The first-order chi connectivity index (χ1) is 13.7. The van der Waals surface area contributed by atoms with Crippen LogP contribution in [0.1, 0.15) is 61.4 Å². The summed E-state index contributed by atoms with van der Waals surface area (Å²) in [6.45, 7) is 5.70. The lowest BCUT2D eigenvalue weighted by molar-refractivity contribution is 0.0953. The van der Waals surface area contributed by atoms with Gasteiger partial charge < -0.3 is 16.0 Å². The highest BCUT2D eigenvalue weighted by Crippen LogP contribution is 2.26. The quantitative estimate of drug-likeness (QED) is 0.298. The van der Waals surface area contributed by atoms with E-state index >= 15 is 0 Å². The monoisotopic (exact) mass is 513 g/mol. The standard InChI is InChI=1S/C22H35N5O.HI/c1-3-12-24-21(28)18-8-6-7-17(14-18)15-25-22(23-2)26-19-11-13-27(16-19)20-9-4-5-10-20;/h6-8,14,19-20H,3-5,9-13,15-16H2,1-2H3,(H,24,28)(H2,23,25,26);1H. The van der Waals surface area contributed by atoms with Crippen molar-refractivity contribution in [3.05, 3.63) is 35.4 Å². The molecule has 0 aromatic heterocycles. The van der Waals surface area contributed by atoms with Crippen molar-refractivity contribution >= 4 is 35.8 Å². The van der Waals surface area contributed by atoms with Gasteiger partial charge in [0, 0.05) is 50.9 Å². The van der Waals surface area contributed by atoms with Crippen molar-refractivity contribution < 1.29 is 4.79 Å². The molecule has 1 aliphatic heterocycles. The summed E-state index contributed by atoms with van der Waals surface area (Å²) in [5.74, 6) is 0.822. The number of carbonyl (C=O) groups excluding carboxylic acids is 1. The van der Waals surface area contributed by atoms with Crippen molar-refractivity contribution in [3.63, 3.8) is 0 Å². The third-order valence-corrected chi connectivity index (χ3v) is 5.81. The van der Waals surface area contributed by atoms with Crippen LogP contribution in [0.4, 0.5) is 0 Å². The Morgan fingerprint density at radius 1 is 1.21 bits per heavy atom. The molecule has 162 valence electrons. The van der Waals surface area contributed by atoms with Gasteiger partial charge in [0.15, 0.2) is 5.96 Å². The molecule has 0 radical (unpaired) electrons. The zero-order chi connectivity index (χ0) is 19.8. The molecule has 1 atom stereocenters. The second-order valence-corrected chi connectivity index (χ2v) is 7.95. The number of hydrogen-bond acceptors (Lipinski definition) is 3. The smallest absolute Gasteiger partial charge is 0.251 e. The van der Waals surface area contributed by atoms with Crippen LogP contribution < -0.4 is 16.0 Å². The molecule has 1 saturated carbocycles. The average Bonchev–Trinajstić information content (AvgIpc) is 3.41. The van der Waals surface area contributed by atoms with Crippen LogP contribution in [0.15, 0.2) is 29.3 Å². The Labute approximate surface area is 192 Å². The Kier molecular flexibility index (Phi) is 10.2. The van der Waals surface area contributed by atoms with Gasteiger partial charge in [-0.1, -0.05) is 31.9 Å². The van der Waals surface area contributed by atoms with E-state index in [4.69, 9.17) is 0 Å². The van der Waals surface area contributed by atoms with E-state index in [2.05, 4.69) is 32.8 Å². The maximum Gasteiger partial charge on any atom is 0.251 e. The lowest BCUT2D eigenvalue weighted by atomic mass is 10.1. The van der Waals surface area contributed by atoms with Crippen molar-refractivity contribution in [2.75, 3.05) is 26.7 Å². The fourth-order valence-corrected chi connectivity index (χ4v) is 4.24. The van der Waals surface area contributed by atoms with Crippen LogP contribution in [0, 0.1) is 0 Å². The van der Waals surface area contributed by atoms with Gasteiger partial charge in [-0.25, -0.2) is 0 Å². The van der Waals surface area contributed by atoms with Crippen LogP contribution in [0.25, 0.3) is 0 Å². The third-order valence-electron chi connectivity index (χ3n) is 5.81. The summed E-state index contributed by atoms with van der Waals surface area (Å²) in [5.41, 5.74) is 1.78. The number of carbonyl (C=O) groups is 1. The summed E-state index contributed by atoms with van der Waals surface area (Å²) < 4.78 is 0. The maximum absolute atomic E-state index is 12.1. The van der Waals surface area contributed by atoms with E-state index in [1.807, 2.05) is 31.3 Å². The van der Waals surface area contributed by atoms with E-state index in [0.717, 1.165) is 30.5 Å². The van der Waals surface area contributed by atoms with Crippen molar-refractivity contribution in [2.24, 2.45) is 4.99 Å². The molecule has 0 spiro atoms. The number of likely N-dealkylation sites (tertiary alicyclic amines) is 1. The molecule has 1 saturated heterocycles. The van der Waals surface area contributed by atoms with Crippen molar-refractivity contribution in [2.45, 2.75) is 64.1 Å². The fourth-order valence-electron chi connectivity index (χ4n) is 4.24. The summed E-state index contributed by atoms with van der Waals surface area (Å²) in [6.07, 6.45) is 7.61. The van der Waals surface area contributed by atoms with Gasteiger partial charge in [0.25, 0.3) is 5.91 Å². The molecule has 3 rings (SSSR count). The van der Waals surface area contributed by atoms with Gasteiger partial charge in [-0.05, 0) is 43.4 Å². The molecule has 2 fully saturated rings. The zero-order valence-corrected chi connectivity index (χ0v) is 20.1. The fraction of sp³-hybridized carbons (Fsp3) is 0.636. The van der Waals surface area contributed by atoms with Crippen LogP contribution >= 0.6 is 24.0 Å². The lowest BCUT2D eigenvalue weighted by Crippen LogP contribution is -2.45. The van der Waals surface area contributed by atoms with E-state index in [1.165, 1.54) is 38.6 Å². The first-order valence-electron chi connectivity index (χ1n) is 10.8. The molecule has 6 nitrogen and oxygen atoms in total. The molecule has 0 bridgehead atoms. The first kappa shape index (κ1) is 23.9. The molecule has 29 heavy (non-hydrogen) atoms. The van der Waals surface area contributed by atoms with E-state index in [-0.39, 0.29) is 29.9 Å². The minimum absolute atomic E-state index is 0. The van der Waals surface area contributed by atoms with Crippen molar-refractivity contribution in [1.82, 2.24) is 20.9 Å². The second kappa shape index (κ2) is 12.4. The molecule has 2 aliphatic rings. The molecule has 3 N–H and O–H groups in total. The predicted octanol–water partition coefficient (Wildman–Crippen LogP) is 3.13. The zero-order valence-electron chi connectivity index (χ0n) is 17.7. The molecule has 1 aromatic rings. The van der Waals surface area contributed by atoms with Crippen LogP contribution in [0.2, 0.25) is 0 Å². The molecular formula is C22H36IN5O. The van der Waals surface area contributed by atoms with E-state index in [9.17, 15) is 4.79 Å². The molecular weight excluding hydrogens is 477 g/mol. The van der Waals surface area contributed by atoms with Gasteiger partial charge >= 0.3 is 0 Å². The maximum atomic E-state index is 12.1. The summed E-state index contributed by atoms with van der Waals surface area (Å²) in [7, 11) is 1.81. The molecule has 1 heterocycles. The minimum atomic E-state index is -0.0100. The van der Waals surface area contributed by atoms with Crippen molar-refractivity contribution in [1.29, 1.82) is 0 Å². The van der Waals surface area contributed by atoms with Gasteiger partial charge in [-0.2, -0.15) is 0 Å². The normalized spacial score (nSPS) is 20.3.